The molecule has 0 atom stereocenters. The highest BCUT2D eigenvalue weighted by Gasteiger charge is 2.00. The molecule has 0 aliphatic rings. The minimum Gasteiger partial charge on any atom is -0.384 e. The highest BCUT2D eigenvalue weighted by atomic mass is 79.9. The molecule has 0 saturated heterocycles. The van der Waals surface area contributed by atoms with Crippen molar-refractivity contribution < 1.29 is 0 Å². The van der Waals surface area contributed by atoms with Gasteiger partial charge in [-0.2, -0.15) is 5.10 Å². The third-order valence-corrected chi connectivity index (χ3v) is 3.12. The van der Waals surface area contributed by atoms with Crippen LogP contribution in [0.5, 0.6) is 0 Å². The Kier molecular flexibility index (Phi) is 4.36. The highest BCUT2D eigenvalue weighted by molar-refractivity contribution is 9.10. The first kappa shape index (κ1) is 13.1. The molecular formula is C13H17BrN4. The third-order valence-electron chi connectivity index (χ3n) is 2.68. The van der Waals surface area contributed by atoms with Gasteiger partial charge in [0.2, 0.25) is 0 Å². The molecule has 5 heteroatoms. The second-order valence-corrected chi connectivity index (χ2v) is 5.24. The second kappa shape index (κ2) is 6.00. The maximum Gasteiger partial charge on any atom is 0.0596 e. The van der Waals surface area contributed by atoms with Crippen molar-refractivity contribution in [2.24, 2.45) is 0 Å². The summed E-state index contributed by atoms with van der Waals surface area (Å²) in [4.78, 5) is 4.11. The van der Waals surface area contributed by atoms with Crippen molar-refractivity contribution in [1.82, 2.24) is 14.8 Å². The van der Waals surface area contributed by atoms with Crippen LogP contribution in [-0.2, 0) is 6.54 Å². The quantitative estimate of drug-likeness (QED) is 0.863. The Morgan fingerprint density at radius 3 is 2.78 bits per heavy atom. The molecule has 0 aliphatic heterocycles. The lowest BCUT2D eigenvalue weighted by atomic mass is 10.3. The van der Waals surface area contributed by atoms with E-state index < -0.39 is 0 Å². The molecule has 0 radical (unpaired) electrons. The van der Waals surface area contributed by atoms with Crippen molar-refractivity contribution in [2.45, 2.75) is 26.8 Å². The van der Waals surface area contributed by atoms with Gasteiger partial charge in [-0.05, 0) is 48.3 Å². The minimum absolute atomic E-state index is 0.913. The number of pyridine rings is 1. The van der Waals surface area contributed by atoms with Crippen LogP contribution in [0.25, 0.3) is 0 Å². The largest absolute Gasteiger partial charge is 0.384 e. The van der Waals surface area contributed by atoms with Gasteiger partial charge in [0.05, 0.1) is 17.6 Å². The van der Waals surface area contributed by atoms with Crippen molar-refractivity contribution in [2.75, 3.05) is 11.9 Å². The van der Waals surface area contributed by atoms with Crippen molar-refractivity contribution in [3.05, 3.63) is 40.4 Å². The molecular weight excluding hydrogens is 292 g/mol. The fraction of sp³-hybridized carbons (Fsp3) is 0.385. The molecule has 0 unspecified atom stereocenters. The van der Waals surface area contributed by atoms with E-state index in [1.165, 1.54) is 5.69 Å². The summed E-state index contributed by atoms with van der Waals surface area (Å²) in [5.41, 5.74) is 3.34. The van der Waals surface area contributed by atoms with E-state index in [9.17, 15) is 0 Å². The average Bonchev–Trinajstić information content (AvgIpc) is 2.64. The van der Waals surface area contributed by atoms with Gasteiger partial charge in [0.25, 0.3) is 0 Å². The Labute approximate surface area is 116 Å². The lowest BCUT2D eigenvalue weighted by molar-refractivity contribution is 0.573. The van der Waals surface area contributed by atoms with Crippen LogP contribution in [0.4, 0.5) is 5.69 Å². The minimum atomic E-state index is 0.913. The number of nitrogens with zero attached hydrogens (tertiary/aromatic N) is 3. The smallest absolute Gasteiger partial charge is 0.0596 e. The van der Waals surface area contributed by atoms with Crippen LogP contribution in [0.3, 0.4) is 0 Å². The molecule has 0 fully saturated rings. The topological polar surface area (TPSA) is 42.7 Å². The zero-order valence-electron chi connectivity index (χ0n) is 10.7. The van der Waals surface area contributed by atoms with Crippen LogP contribution in [0.2, 0.25) is 0 Å². The lowest BCUT2D eigenvalue weighted by Crippen LogP contribution is -2.09. The van der Waals surface area contributed by atoms with Crippen molar-refractivity contribution in [3.8, 4) is 0 Å². The van der Waals surface area contributed by atoms with Gasteiger partial charge in [-0.25, -0.2) is 0 Å². The number of halogens is 1. The highest BCUT2D eigenvalue weighted by Crippen LogP contribution is 2.13. The molecule has 0 spiro atoms. The summed E-state index contributed by atoms with van der Waals surface area (Å²) >= 11 is 3.40. The van der Waals surface area contributed by atoms with Gasteiger partial charge in [0.15, 0.2) is 0 Å². The number of hydrogen-bond acceptors (Lipinski definition) is 3. The molecule has 2 aromatic rings. The lowest BCUT2D eigenvalue weighted by Gasteiger charge is -2.07. The molecule has 96 valence electrons. The molecule has 0 amide bonds. The van der Waals surface area contributed by atoms with Gasteiger partial charge in [-0.1, -0.05) is 0 Å². The monoisotopic (exact) mass is 308 g/mol. The fourth-order valence-electron chi connectivity index (χ4n) is 1.87. The second-order valence-electron chi connectivity index (χ2n) is 4.32. The van der Waals surface area contributed by atoms with E-state index in [0.29, 0.717) is 0 Å². The van der Waals surface area contributed by atoms with E-state index in [1.807, 2.05) is 19.2 Å². The number of anilines is 1. The standard InChI is InChI=1S/C13H17BrN4/c1-10-6-11(2)18(17-10)5-3-4-16-13-7-12(14)8-15-9-13/h6-9,16H,3-5H2,1-2H3. The van der Waals surface area contributed by atoms with Crippen molar-refractivity contribution in [3.63, 3.8) is 0 Å². The van der Waals surface area contributed by atoms with Crippen LogP contribution in [0, 0.1) is 13.8 Å². The Morgan fingerprint density at radius 1 is 1.28 bits per heavy atom. The first-order valence-corrected chi connectivity index (χ1v) is 6.80. The van der Waals surface area contributed by atoms with E-state index in [1.54, 1.807) is 6.20 Å². The molecule has 1 N–H and O–H groups in total. The summed E-state index contributed by atoms with van der Waals surface area (Å²) < 4.78 is 3.04. The van der Waals surface area contributed by atoms with Gasteiger partial charge in [0, 0.05) is 29.5 Å². The molecule has 0 aromatic carbocycles. The molecule has 4 nitrogen and oxygen atoms in total. The van der Waals surface area contributed by atoms with Gasteiger partial charge < -0.3 is 5.32 Å². The zero-order chi connectivity index (χ0) is 13.0. The molecule has 2 aromatic heterocycles. The van der Waals surface area contributed by atoms with Gasteiger partial charge >= 0.3 is 0 Å². The Bertz CT molecular complexity index is 521. The van der Waals surface area contributed by atoms with E-state index in [2.05, 4.69) is 49.0 Å². The predicted molar refractivity (Wildman–Crippen MR) is 76.7 cm³/mol. The van der Waals surface area contributed by atoms with Gasteiger partial charge in [0.1, 0.15) is 0 Å². The first-order valence-electron chi connectivity index (χ1n) is 6.00. The van der Waals surface area contributed by atoms with Crippen molar-refractivity contribution in [1.29, 1.82) is 0 Å². The fourth-order valence-corrected chi connectivity index (χ4v) is 2.24. The predicted octanol–water partition coefficient (Wildman–Crippen LogP) is 3.16. The maximum absolute atomic E-state index is 4.44. The summed E-state index contributed by atoms with van der Waals surface area (Å²) in [6.45, 7) is 5.96. The Morgan fingerprint density at radius 2 is 2.11 bits per heavy atom. The SMILES string of the molecule is Cc1cc(C)n(CCCNc2cncc(Br)c2)n1. The summed E-state index contributed by atoms with van der Waals surface area (Å²) in [6.07, 6.45) is 4.64. The maximum atomic E-state index is 4.44. The van der Waals surface area contributed by atoms with Crippen LogP contribution in [0.1, 0.15) is 17.8 Å². The molecule has 0 saturated carbocycles. The van der Waals surface area contributed by atoms with E-state index in [-0.39, 0.29) is 0 Å². The molecule has 2 heterocycles. The Balaban J connectivity index is 1.78. The van der Waals surface area contributed by atoms with Crippen LogP contribution >= 0.6 is 15.9 Å². The number of hydrogen-bond donors (Lipinski definition) is 1. The molecule has 18 heavy (non-hydrogen) atoms. The van der Waals surface area contributed by atoms with Crippen LogP contribution in [-0.4, -0.2) is 21.3 Å². The average molecular weight is 309 g/mol. The van der Waals surface area contributed by atoms with Crippen molar-refractivity contribution >= 4 is 21.6 Å². The summed E-state index contributed by atoms with van der Waals surface area (Å²) in [7, 11) is 0. The number of rotatable bonds is 5. The summed E-state index contributed by atoms with van der Waals surface area (Å²) in [5, 5.41) is 7.79. The summed E-state index contributed by atoms with van der Waals surface area (Å²) in [6, 6.07) is 4.13. The summed E-state index contributed by atoms with van der Waals surface area (Å²) in [5.74, 6) is 0. The van der Waals surface area contributed by atoms with Crippen LogP contribution < -0.4 is 5.32 Å². The molecule has 2 rings (SSSR count). The third kappa shape index (κ3) is 3.57. The molecule has 0 aliphatic carbocycles. The molecule has 0 bridgehead atoms. The van der Waals surface area contributed by atoms with Gasteiger partial charge in [-0.3, -0.25) is 9.67 Å². The van der Waals surface area contributed by atoms with E-state index >= 15 is 0 Å². The number of aryl methyl sites for hydroxylation is 3. The van der Waals surface area contributed by atoms with E-state index in [0.717, 1.165) is 35.4 Å². The van der Waals surface area contributed by atoms with E-state index in [4.69, 9.17) is 0 Å². The first-order chi connectivity index (χ1) is 8.65. The van der Waals surface area contributed by atoms with Crippen LogP contribution in [0.15, 0.2) is 29.0 Å². The number of aromatic nitrogens is 3. The number of nitrogens with one attached hydrogen (secondary N) is 1. The normalized spacial score (nSPS) is 10.6. The van der Waals surface area contributed by atoms with Gasteiger partial charge in [-0.15, -0.1) is 0 Å². The zero-order valence-corrected chi connectivity index (χ0v) is 12.2. The Hall–Kier alpha value is -1.36.